The molecule has 1 amide bonds. The molecule has 18 heteroatoms. The van der Waals surface area contributed by atoms with Gasteiger partial charge in [0.15, 0.2) is 11.5 Å². The number of ether oxygens (including phenoxy) is 1. The molecule has 1 aliphatic heterocycles. The molecule has 0 unspecified atom stereocenters. The number of alkyl halides is 3. The van der Waals surface area contributed by atoms with Crippen LogP contribution >= 0.6 is 35.1 Å². The van der Waals surface area contributed by atoms with Crippen molar-refractivity contribution in [2.24, 2.45) is 25.0 Å². The van der Waals surface area contributed by atoms with Crippen molar-refractivity contribution in [2.75, 3.05) is 13.1 Å². The highest BCUT2D eigenvalue weighted by Crippen LogP contribution is 2.37. The SMILES string of the molecule is Cl.Cn1c(=O)c2c(CC(=O)N=c3scc(-c4ccc(F)c(C(F)(F)F)c4F)n3COC(=O)C3CCNCC3)csc2n(C)c1=O. The van der Waals surface area contributed by atoms with Crippen LogP contribution in [0.2, 0.25) is 0 Å². The third-order valence-electron chi connectivity index (χ3n) is 7.26. The summed E-state index contributed by atoms with van der Waals surface area (Å²) >= 11 is 1.85. The van der Waals surface area contributed by atoms with Gasteiger partial charge in [0.25, 0.3) is 11.5 Å². The zero-order valence-corrected chi connectivity index (χ0v) is 26.0. The number of thiazole rings is 1. The molecule has 4 aromatic rings. The summed E-state index contributed by atoms with van der Waals surface area (Å²) in [6.07, 6.45) is -4.72. The van der Waals surface area contributed by atoms with Crippen molar-refractivity contribution >= 4 is 57.2 Å². The molecule has 1 saturated heterocycles. The topological polar surface area (TPSA) is 117 Å². The molecular formula is C27H25ClF5N5O5S2. The number of thiophene rings is 1. The molecule has 5 rings (SSSR count). The van der Waals surface area contributed by atoms with Gasteiger partial charge >= 0.3 is 17.8 Å². The predicted molar refractivity (Wildman–Crippen MR) is 158 cm³/mol. The van der Waals surface area contributed by atoms with Crippen LogP contribution < -0.4 is 21.4 Å². The molecule has 0 aliphatic carbocycles. The first-order valence-electron chi connectivity index (χ1n) is 13.1. The minimum absolute atomic E-state index is 0. The number of amides is 1. The minimum atomic E-state index is -5.33. The lowest BCUT2D eigenvalue weighted by molar-refractivity contribution is -0.153. The Labute approximate surface area is 264 Å². The first-order chi connectivity index (χ1) is 20.8. The van der Waals surface area contributed by atoms with Crippen LogP contribution in [0.1, 0.15) is 24.0 Å². The van der Waals surface area contributed by atoms with Gasteiger partial charge in [-0.05, 0) is 49.0 Å². The fraction of sp³-hybridized carbons (Fsp3) is 0.370. The van der Waals surface area contributed by atoms with E-state index in [1.807, 2.05) is 0 Å². The third kappa shape index (κ3) is 6.66. The van der Waals surface area contributed by atoms with Crippen LogP contribution in [0.3, 0.4) is 0 Å². The number of aryl methyl sites for hydroxylation is 1. The van der Waals surface area contributed by atoms with Gasteiger partial charge in [-0.1, -0.05) is 0 Å². The molecule has 1 aromatic carbocycles. The number of nitrogens with zero attached hydrogens (tertiary/aromatic N) is 4. The van der Waals surface area contributed by atoms with Crippen LogP contribution in [0.25, 0.3) is 21.5 Å². The first-order valence-corrected chi connectivity index (χ1v) is 14.9. The second kappa shape index (κ2) is 13.4. The summed E-state index contributed by atoms with van der Waals surface area (Å²) in [7, 11) is 2.79. The number of hydrogen-bond acceptors (Lipinski definition) is 8. The number of hydrogen-bond donors (Lipinski definition) is 1. The summed E-state index contributed by atoms with van der Waals surface area (Å²) < 4.78 is 78.3. The molecule has 242 valence electrons. The largest absolute Gasteiger partial charge is 0.444 e. The van der Waals surface area contributed by atoms with E-state index in [1.54, 1.807) is 5.38 Å². The average molecular weight is 694 g/mol. The Bertz CT molecular complexity index is 1970. The second-order valence-corrected chi connectivity index (χ2v) is 11.8. The molecule has 1 N–H and O–H groups in total. The van der Waals surface area contributed by atoms with Crippen molar-refractivity contribution in [3.63, 3.8) is 0 Å². The number of fused-ring (bicyclic) bond motifs is 1. The predicted octanol–water partition coefficient (Wildman–Crippen LogP) is 3.72. The zero-order valence-electron chi connectivity index (χ0n) is 23.6. The van der Waals surface area contributed by atoms with E-state index in [2.05, 4.69) is 10.3 Å². The van der Waals surface area contributed by atoms with Gasteiger partial charge < -0.3 is 10.1 Å². The number of carbonyl (C=O) groups is 2. The van der Waals surface area contributed by atoms with Crippen molar-refractivity contribution in [3.8, 4) is 11.3 Å². The number of benzene rings is 1. The summed E-state index contributed by atoms with van der Waals surface area (Å²) in [6.45, 7) is 0.554. The number of halogens is 6. The van der Waals surface area contributed by atoms with Crippen LogP contribution in [-0.2, 0) is 47.7 Å². The van der Waals surface area contributed by atoms with Gasteiger partial charge in [0, 0.05) is 25.0 Å². The normalized spacial score (nSPS) is 14.5. The van der Waals surface area contributed by atoms with Crippen molar-refractivity contribution in [1.82, 2.24) is 19.0 Å². The van der Waals surface area contributed by atoms with Crippen molar-refractivity contribution < 1.29 is 36.3 Å². The molecule has 1 fully saturated rings. The quantitative estimate of drug-likeness (QED) is 0.243. The molecule has 0 saturated carbocycles. The van der Waals surface area contributed by atoms with Crippen LogP contribution in [0, 0.1) is 17.6 Å². The van der Waals surface area contributed by atoms with Gasteiger partial charge in [-0.25, -0.2) is 13.6 Å². The lowest BCUT2D eigenvalue weighted by atomic mass is 9.99. The Morgan fingerprint density at radius 2 is 1.76 bits per heavy atom. The molecule has 0 atom stereocenters. The number of nitrogens with one attached hydrogen (secondary N) is 1. The van der Waals surface area contributed by atoms with Gasteiger partial charge in [0.05, 0.1) is 23.4 Å². The monoisotopic (exact) mass is 693 g/mol. The van der Waals surface area contributed by atoms with Gasteiger partial charge in [0.2, 0.25) is 0 Å². The maximum atomic E-state index is 15.2. The standard InChI is InChI=1S/C27H24F5N5O5S2.ClH/c1-35-22(39)19-14(10-43-23(19)36(2)26(35)41)9-18(38)34-25-37(12-42-24(40)13-5-7-33-8-6-13)17(11-44-25)15-3-4-16(28)20(21(15)29)27(30,31)32;/h3-4,10-11,13,33H,5-9,12H2,1-2H3;1H. The highest BCUT2D eigenvalue weighted by atomic mass is 35.5. The molecule has 0 radical (unpaired) electrons. The summed E-state index contributed by atoms with van der Waals surface area (Å²) in [4.78, 5) is 55.2. The van der Waals surface area contributed by atoms with Crippen LogP contribution in [-0.4, -0.2) is 38.7 Å². The minimum Gasteiger partial charge on any atom is -0.444 e. The highest BCUT2D eigenvalue weighted by Gasteiger charge is 2.39. The maximum Gasteiger partial charge on any atom is 0.422 e. The Morgan fingerprint density at radius 3 is 2.42 bits per heavy atom. The van der Waals surface area contributed by atoms with Crippen LogP contribution in [0.5, 0.6) is 0 Å². The van der Waals surface area contributed by atoms with Crippen LogP contribution in [0.15, 0.2) is 37.5 Å². The Morgan fingerprint density at radius 1 is 1.07 bits per heavy atom. The van der Waals surface area contributed by atoms with E-state index in [0.29, 0.717) is 42.4 Å². The molecule has 0 spiro atoms. The van der Waals surface area contributed by atoms with Gasteiger partial charge in [0.1, 0.15) is 22.0 Å². The van der Waals surface area contributed by atoms with Gasteiger partial charge in [-0.2, -0.15) is 18.2 Å². The van der Waals surface area contributed by atoms with Crippen molar-refractivity contribution in [3.05, 3.63) is 71.3 Å². The molecular weight excluding hydrogens is 669 g/mol. The smallest absolute Gasteiger partial charge is 0.422 e. The fourth-order valence-corrected chi connectivity index (χ4v) is 6.87. The van der Waals surface area contributed by atoms with E-state index in [-0.39, 0.29) is 34.7 Å². The molecule has 1 aliphatic rings. The Kier molecular flexibility index (Phi) is 10.2. The summed E-state index contributed by atoms with van der Waals surface area (Å²) in [5.41, 5.74) is -3.80. The average Bonchev–Trinajstić information content (AvgIpc) is 3.57. The third-order valence-corrected chi connectivity index (χ3v) is 9.23. The van der Waals surface area contributed by atoms with Gasteiger partial charge in [-0.15, -0.1) is 35.1 Å². The number of carbonyl (C=O) groups excluding carboxylic acids is 2. The molecule has 0 bridgehead atoms. The summed E-state index contributed by atoms with van der Waals surface area (Å²) in [6, 6.07) is 1.29. The molecule has 3 aromatic heterocycles. The first kappa shape index (κ1) is 34.2. The maximum absolute atomic E-state index is 15.2. The van der Waals surface area contributed by atoms with Crippen molar-refractivity contribution in [1.29, 1.82) is 0 Å². The van der Waals surface area contributed by atoms with Crippen molar-refractivity contribution in [2.45, 2.75) is 32.2 Å². The lowest BCUT2D eigenvalue weighted by Crippen LogP contribution is -2.36. The van der Waals surface area contributed by atoms with E-state index >= 15 is 4.39 Å². The second-order valence-electron chi connectivity index (χ2n) is 10.1. The van der Waals surface area contributed by atoms with E-state index in [4.69, 9.17) is 4.74 Å². The van der Waals surface area contributed by atoms with Crippen LogP contribution in [0.4, 0.5) is 22.0 Å². The lowest BCUT2D eigenvalue weighted by Gasteiger charge is -2.21. The Balaban J connectivity index is 0.00000461. The Hall–Kier alpha value is -3.67. The number of aromatic nitrogens is 3. The molecule has 4 heterocycles. The summed E-state index contributed by atoms with van der Waals surface area (Å²) in [5.74, 6) is -5.48. The van der Waals surface area contributed by atoms with Gasteiger partial charge in [-0.3, -0.25) is 28.1 Å². The molecule has 45 heavy (non-hydrogen) atoms. The zero-order chi connectivity index (χ0) is 31.9. The van der Waals surface area contributed by atoms with E-state index < -0.39 is 64.7 Å². The summed E-state index contributed by atoms with van der Waals surface area (Å²) in [5, 5.41) is 6.02. The van der Waals surface area contributed by atoms with E-state index in [1.165, 1.54) is 24.0 Å². The van der Waals surface area contributed by atoms with E-state index in [0.717, 1.165) is 37.9 Å². The molecule has 10 nitrogen and oxygen atoms in total. The highest BCUT2D eigenvalue weighted by molar-refractivity contribution is 7.17. The number of rotatable bonds is 6. The van der Waals surface area contributed by atoms with E-state index in [9.17, 15) is 36.7 Å². The fourth-order valence-electron chi connectivity index (χ4n) is 4.94. The number of piperidine rings is 1. The number of esters is 1.